The van der Waals surface area contributed by atoms with Crippen LogP contribution in [0.15, 0.2) is 23.0 Å². The summed E-state index contributed by atoms with van der Waals surface area (Å²) in [6, 6.07) is 6.46. The third-order valence-electron chi connectivity index (χ3n) is 6.44. The van der Waals surface area contributed by atoms with Crippen LogP contribution in [-0.4, -0.2) is 81.2 Å². The number of methoxy groups -OCH3 is 2. The largest absolute Gasteiger partial charge is 0.479 e. The van der Waals surface area contributed by atoms with Crippen LogP contribution in [0.4, 0.5) is 17.2 Å². The molecule has 1 aromatic carbocycles. The minimum atomic E-state index is -1.20. The number of fused-ring (bicyclic) bond motifs is 2. The van der Waals surface area contributed by atoms with Gasteiger partial charge < -0.3 is 34.4 Å². The first kappa shape index (κ1) is 23.8. The summed E-state index contributed by atoms with van der Waals surface area (Å²) in [5, 5.41) is 28.9. The topological polar surface area (TPSA) is 125 Å². The Kier molecular flexibility index (Phi) is 6.40. The van der Waals surface area contributed by atoms with E-state index >= 15 is 0 Å². The van der Waals surface area contributed by atoms with Crippen molar-refractivity contribution in [3.05, 3.63) is 39.7 Å². The Balaban J connectivity index is 1.89. The van der Waals surface area contributed by atoms with Crippen LogP contribution in [-0.2, 0) is 16.5 Å². The number of aromatic nitrogens is 2. The highest BCUT2D eigenvalue weighted by atomic mass is 16.6. The van der Waals surface area contributed by atoms with E-state index in [0.29, 0.717) is 47.2 Å². The van der Waals surface area contributed by atoms with E-state index in [-0.39, 0.29) is 18.8 Å². The van der Waals surface area contributed by atoms with Crippen molar-refractivity contribution in [2.45, 2.75) is 17.7 Å². The van der Waals surface area contributed by atoms with Crippen LogP contribution in [0.3, 0.4) is 0 Å². The van der Waals surface area contributed by atoms with Gasteiger partial charge in [0.05, 0.1) is 30.9 Å². The fourth-order valence-corrected chi connectivity index (χ4v) is 4.71. The molecule has 2 atom stereocenters. The third-order valence-corrected chi connectivity index (χ3v) is 6.44. The average Bonchev–Trinajstić information content (AvgIpc) is 2.81. The quantitative estimate of drug-likeness (QED) is 0.616. The zero-order valence-corrected chi connectivity index (χ0v) is 20.0. The molecule has 2 N–H and O–H groups in total. The fourth-order valence-electron chi connectivity index (χ4n) is 4.71. The van der Waals surface area contributed by atoms with Gasteiger partial charge in [-0.3, -0.25) is 4.79 Å². The number of likely N-dealkylation sites (N-methyl/N-ethyl adjacent to an activating group) is 2. The number of anilines is 3. The maximum Gasteiger partial charge on any atom is 0.292 e. The monoisotopic (exact) mass is 470 g/mol. The van der Waals surface area contributed by atoms with Gasteiger partial charge in [0.15, 0.2) is 11.4 Å². The van der Waals surface area contributed by atoms with Crippen molar-refractivity contribution in [3.63, 3.8) is 0 Å². The molecule has 182 valence electrons. The lowest BCUT2D eigenvalue weighted by molar-refractivity contribution is -0.142. The zero-order chi connectivity index (χ0) is 24.6. The van der Waals surface area contributed by atoms with Gasteiger partial charge in [-0.25, -0.2) is 4.68 Å². The van der Waals surface area contributed by atoms with E-state index in [1.807, 2.05) is 23.9 Å². The minimum absolute atomic E-state index is 0.0705. The van der Waals surface area contributed by atoms with Crippen LogP contribution in [0.25, 0.3) is 0 Å². The molecular weight excluding hydrogens is 440 g/mol. The van der Waals surface area contributed by atoms with Crippen molar-refractivity contribution in [2.75, 3.05) is 69.7 Å². The van der Waals surface area contributed by atoms with Gasteiger partial charge in [0.1, 0.15) is 23.2 Å². The van der Waals surface area contributed by atoms with E-state index in [9.17, 15) is 15.2 Å². The number of nitrogens with one attached hydrogen (secondary N) is 1. The Hall–Kier alpha value is -3.33. The number of benzene rings is 1. The Labute approximate surface area is 198 Å². The average molecular weight is 471 g/mol. The van der Waals surface area contributed by atoms with Gasteiger partial charge >= 0.3 is 0 Å². The van der Waals surface area contributed by atoms with Crippen molar-refractivity contribution < 1.29 is 19.3 Å². The lowest BCUT2D eigenvalue weighted by atomic mass is 9.84. The first-order valence-electron chi connectivity index (χ1n) is 11.0. The summed E-state index contributed by atoms with van der Waals surface area (Å²) in [4.78, 5) is 16.8. The molecular formula is C23H30N6O5. The molecule has 0 saturated heterocycles. The van der Waals surface area contributed by atoms with E-state index in [4.69, 9.17) is 14.2 Å². The smallest absolute Gasteiger partial charge is 0.292 e. The van der Waals surface area contributed by atoms with Crippen LogP contribution in [0, 0.1) is 11.3 Å². The number of ether oxygens (including phenoxy) is 3. The molecule has 4 rings (SSSR count). The molecule has 0 unspecified atom stereocenters. The normalized spacial score (nSPS) is 20.7. The summed E-state index contributed by atoms with van der Waals surface area (Å²) in [6.45, 7) is 1.54. The molecule has 0 saturated carbocycles. The molecule has 2 aliphatic heterocycles. The first-order chi connectivity index (χ1) is 16.3. The molecule has 0 aliphatic carbocycles. The lowest BCUT2D eigenvalue weighted by Crippen LogP contribution is -2.60. The fraction of sp³-hybridized carbons (Fsp3) is 0.522. The molecule has 0 spiro atoms. The van der Waals surface area contributed by atoms with Gasteiger partial charge in [0.25, 0.3) is 5.56 Å². The van der Waals surface area contributed by atoms with Crippen molar-refractivity contribution in [1.29, 1.82) is 5.26 Å². The Bertz CT molecular complexity index is 1170. The molecule has 0 amide bonds. The zero-order valence-electron chi connectivity index (χ0n) is 20.0. The predicted molar refractivity (Wildman–Crippen MR) is 127 cm³/mol. The summed E-state index contributed by atoms with van der Waals surface area (Å²) in [5.74, 6) is 0.939. The van der Waals surface area contributed by atoms with Crippen LogP contribution in [0.1, 0.15) is 17.2 Å². The first-order valence-corrected chi connectivity index (χ1v) is 11.0. The van der Waals surface area contributed by atoms with Gasteiger partial charge in [0.2, 0.25) is 0 Å². The maximum absolute atomic E-state index is 12.9. The Morgan fingerprint density at radius 2 is 1.85 bits per heavy atom. The standard InChI is InChI=1S/C23H30N6O5/c1-27-8-9-28(2)19-18(27)21(26-29(3)22(19)31)25-17-15-10-14(11-24)6-7-16(15)34-23(12-32-4,13-33-5)20(17)30/h6-7,10,17,20,30H,8-9,12-13H2,1-5H3,(H,25,26)/t17-,20+/m1/s1. The van der Waals surface area contributed by atoms with E-state index in [2.05, 4.69) is 16.5 Å². The number of hydrogen-bond acceptors (Lipinski definition) is 10. The number of aliphatic hydroxyl groups is 1. The number of nitrogens with zero attached hydrogens (tertiary/aromatic N) is 5. The Morgan fingerprint density at radius 1 is 1.21 bits per heavy atom. The number of hydrogen-bond donors (Lipinski definition) is 2. The van der Waals surface area contributed by atoms with E-state index in [0.717, 1.165) is 0 Å². The highest BCUT2D eigenvalue weighted by Gasteiger charge is 2.50. The van der Waals surface area contributed by atoms with Crippen LogP contribution >= 0.6 is 0 Å². The van der Waals surface area contributed by atoms with E-state index in [1.54, 1.807) is 25.2 Å². The summed E-state index contributed by atoms with van der Waals surface area (Å²) in [6.07, 6.45) is -1.13. The van der Waals surface area contributed by atoms with Crippen LogP contribution in [0.2, 0.25) is 0 Å². The molecule has 0 fully saturated rings. The van der Waals surface area contributed by atoms with E-state index < -0.39 is 17.7 Å². The molecule has 0 radical (unpaired) electrons. The van der Waals surface area contributed by atoms with Gasteiger partial charge in [-0.1, -0.05) is 0 Å². The lowest BCUT2D eigenvalue weighted by Gasteiger charge is -2.46. The Morgan fingerprint density at radius 3 is 2.47 bits per heavy atom. The van der Waals surface area contributed by atoms with Gasteiger partial charge in [-0.05, 0) is 18.2 Å². The number of aryl methyl sites for hydroxylation is 1. The second-order valence-corrected chi connectivity index (χ2v) is 8.78. The number of rotatable bonds is 6. The van der Waals surface area contributed by atoms with Crippen molar-refractivity contribution >= 4 is 17.2 Å². The second kappa shape index (κ2) is 9.13. The molecule has 1 aromatic heterocycles. The summed E-state index contributed by atoms with van der Waals surface area (Å²) in [5.41, 5.74) is 0.803. The van der Waals surface area contributed by atoms with Crippen LogP contribution in [0.5, 0.6) is 5.75 Å². The van der Waals surface area contributed by atoms with Gasteiger partial charge in [-0.15, -0.1) is 0 Å². The number of aliphatic hydroxyl groups excluding tert-OH is 1. The summed E-state index contributed by atoms with van der Waals surface area (Å²) in [7, 11) is 8.43. The number of nitriles is 1. The summed E-state index contributed by atoms with van der Waals surface area (Å²) < 4.78 is 18.3. The highest BCUT2D eigenvalue weighted by molar-refractivity contribution is 5.82. The molecule has 0 bridgehead atoms. The molecule has 11 nitrogen and oxygen atoms in total. The molecule has 34 heavy (non-hydrogen) atoms. The van der Waals surface area contributed by atoms with Gasteiger partial charge in [0, 0.05) is 54.0 Å². The minimum Gasteiger partial charge on any atom is -0.479 e. The highest BCUT2D eigenvalue weighted by Crippen LogP contribution is 2.44. The van der Waals surface area contributed by atoms with Crippen molar-refractivity contribution in [2.24, 2.45) is 7.05 Å². The second-order valence-electron chi connectivity index (χ2n) is 8.78. The molecule has 2 aliphatic rings. The predicted octanol–water partition coefficient (Wildman–Crippen LogP) is 0.476. The SMILES string of the molecule is COCC1(COC)Oc2ccc(C#N)cc2[C@@H](Nc2nn(C)c(=O)c3c2N(C)CCN3C)[C@@H]1O. The van der Waals surface area contributed by atoms with Crippen LogP contribution < -0.4 is 25.4 Å². The van der Waals surface area contributed by atoms with Crippen molar-refractivity contribution in [1.82, 2.24) is 9.78 Å². The molecule has 11 heteroatoms. The van der Waals surface area contributed by atoms with E-state index in [1.165, 1.54) is 18.9 Å². The molecule has 2 aromatic rings. The van der Waals surface area contributed by atoms with Crippen molar-refractivity contribution in [3.8, 4) is 11.8 Å². The maximum atomic E-state index is 12.9. The molecule has 3 heterocycles. The summed E-state index contributed by atoms with van der Waals surface area (Å²) >= 11 is 0. The third kappa shape index (κ3) is 3.83. The van der Waals surface area contributed by atoms with Gasteiger partial charge in [-0.2, -0.15) is 10.4 Å².